The number of hydrogen-bond acceptors (Lipinski definition) is 4. The van der Waals surface area contributed by atoms with Crippen LogP contribution in [0.15, 0.2) is 66.7 Å². The van der Waals surface area contributed by atoms with Crippen molar-refractivity contribution in [3.8, 4) is 11.1 Å². The molecule has 7 nitrogen and oxygen atoms in total. The molecule has 5 rings (SSSR count). The first-order valence-corrected chi connectivity index (χ1v) is 13.7. The van der Waals surface area contributed by atoms with Gasteiger partial charge in [0.15, 0.2) is 0 Å². The van der Waals surface area contributed by atoms with Crippen molar-refractivity contribution >= 4 is 52.4 Å². The summed E-state index contributed by atoms with van der Waals surface area (Å²) in [7, 11) is 1.57. The number of likely N-dealkylation sites (tertiary alicyclic amines) is 1. The number of carbonyl (C=O) groups is 3. The first-order valence-electron chi connectivity index (χ1n) is 12.9. The van der Waals surface area contributed by atoms with Gasteiger partial charge in [0.1, 0.15) is 5.54 Å². The van der Waals surface area contributed by atoms with Crippen molar-refractivity contribution in [3.05, 3.63) is 82.3 Å². The zero-order valence-corrected chi connectivity index (χ0v) is 23.7. The second-order valence-corrected chi connectivity index (χ2v) is 11.4. The van der Waals surface area contributed by atoms with E-state index < -0.39 is 60.6 Å². The van der Waals surface area contributed by atoms with Crippen LogP contribution in [0.3, 0.4) is 0 Å². The average molecular weight is 602 g/mol. The highest BCUT2D eigenvalue weighted by molar-refractivity contribution is 6.38. The molecule has 2 amide bonds. The fraction of sp³-hybridized carbons (Fsp3) is 0.300. The molecule has 0 spiro atoms. The third-order valence-corrected chi connectivity index (χ3v) is 8.49. The first-order chi connectivity index (χ1) is 19.4. The van der Waals surface area contributed by atoms with E-state index in [4.69, 9.17) is 23.2 Å². The first kappa shape index (κ1) is 29.0. The van der Waals surface area contributed by atoms with Crippen molar-refractivity contribution < 1.29 is 28.3 Å². The number of carboxylic acid groups (broad SMARTS) is 1. The number of benzene rings is 3. The molecule has 1 fully saturated rings. The van der Waals surface area contributed by atoms with Gasteiger partial charge in [0.25, 0.3) is 5.92 Å². The second kappa shape index (κ2) is 10.7. The van der Waals surface area contributed by atoms with Crippen molar-refractivity contribution in [2.45, 2.75) is 37.3 Å². The van der Waals surface area contributed by atoms with Gasteiger partial charge >= 0.3 is 5.97 Å². The second-order valence-electron chi connectivity index (χ2n) is 10.5. The van der Waals surface area contributed by atoms with Crippen LogP contribution in [0.2, 0.25) is 10.0 Å². The van der Waals surface area contributed by atoms with Gasteiger partial charge in [-0.2, -0.15) is 0 Å². The Kier molecular flexibility index (Phi) is 7.57. The van der Waals surface area contributed by atoms with Crippen molar-refractivity contribution in [3.63, 3.8) is 0 Å². The maximum Gasteiger partial charge on any atom is 0.306 e. The Morgan fingerprint density at radius 1 is 1.12 bits per heavy atom. The standard InChI is InChI=1S/C30H27Cl2F2N3O4/c1-17(27(40)36(2)23-11-7-6-10-20(23)18-8-4-3-5-9-18)24-14-29(33,34)16-37(24)30(15-25(38)39)21-12-19(31)13-22(32)26(21)35-28(30)41/h3-13,17,24H,14-16H2,1-2H3,(H,35,41)(H,38,39)/t17-,24-,30-/m1/s1. The number of para-hydroxylation sites is 1. The summed E-state index contributed by atoms with van der Waals surface area (Å²) in [5.41, 5.74) is 0.375. The van der Waals surface area contributed by atoms with Crippen LogP contribution in [0.1, 0.15) is 25.3 Å². The van der Waals surface area contributed by atoms with Crippen molar-refractivity contribution in [1.82, 2.24) is 4.90 Å². The van der Waals surface area contributed by atoms with E-state index in [9.17, 15) is 19.5 Å². The van der Waals surface area contributed by atoms with Crippen molar-refractivity contribution in [1.29, 1.82) is 0 Å². The number of halogens is 4. The van der Waals surface area contributed by atoms with E-state index in [1.165, 1.54) is 24.0 Å². The Balaban J connectivity index is 1.57. The Morgan fingerprint density at radius 3 is 2.46 bits per heavy atom. The van der Waals surface area contributed by atoms with Crippen LogP contribution in [0.25, 0.3) is 11.1 Å². The summed E-state index contributed by atoms with van der Waals surface area (Å²) in [5, 5.41) is 12.6. The van der Waals surface area contributed by atoms with E-state index >= 15 is 8.78 Å². The van der Waals surface area contributed by atoms with E-state index in [0.717, 1.165) is 16.0 Å². The lowest BCUT2D eigenvalue weighted by atomic mass is 9.83. The Labute approximate surface area is 245 Å². The number of carbonyl (C=O) groups excluding carboxylic acids is 2. The highest BCUT2D eigenvalue weighted by Gasteiger charge is 2.62. The highest BCUT2D eigenvalue weighted by atomic mass is 35.5. The summed E-state index contributed by atoms with van der Waals surface area (Å²) >= 11 is 12.5. The number of nitrogens with zero attached hydrogens (tertiary/aromatic N) is 2. The molecular formula is C30H27Cl2F2N3O4. The lowest BCUT2D eigenvalue weighted by Crippen LogP contribution is -2.57. The molecule has 2 aliphatic heterocycles. The number of alkyl halides is 2. The summed E-state index contributed by atoms with van der Waals surface area (Å²) in [4.78, 5) is 42.3. The topological polar surface area (TPSA) is 90.0 Å². The van der Waals surface area contributed by atoms with Gasteiger partial charge in [0.05, 0.1) is 35.3 Å². The molecule has 1 saturated heterocycles. The molecule has 2 N–H and O–H groups in total. The summed E-state index contributed by atoms with van der Waals surface area (Å²) < 4.78 is 30.4. The van der Waals surface area contributed by atoms with Crippen LogP contribution in [0, 0.1) is 5.92 Å². The predicted octanol–water partition coefficient (Wildman–Crippen LogP) is 6.29. The van der Waals surface area contributed by atoms with Gasteiger partial charge in [-0.25, -0.2) is 8.78 Å². The Hall–Kier alpha value is -3.53. The predicted molar refractivity (Wildman–Crippen MR) is 154 cm³/mol. The van der Waals surface area contributed by atoms with E-state index in [1.807, 2.05) is 42.5 Å². The maximum absolute atomic E-state index is 15.2. The molecule has 3 aromatic rings. The maximum atomic E-state index is 15.2. The molecule has 0 bridgehead atoms. The third kappa shape index (κ3) is 5.07. The number of hydrogen-bond donors (Lipinski definition) is 2. The molecule has 0 saturated carbocycles. The summed E-state index contributed by atoms with van der Waals surface area (Å²) in [5.74, 6) is -7.00. The molecule has 0 aliphatic carbocycles. The largest absolute Gasteiger partial charge is 0.481 e. The van der Waals surface area contributed by atoms with Gasteiger partial charge in [-0.3, -0.25) is 19.3 Å². The third-order valence-electron chi connectivity index (χ3n) is 7.97. The van der Waals surface area contributed by atoms with E-state index in [1.54, 1.807) is 19.2 Å². The molecule has 0 radical (unpaired) electrons. The van der Waals surface area contributed by atoms with Crippen LogP contribution in [0.5, 0.6) is 0 Å². The molecule has 2 aliphatic rings. The molecule has 214 valence electrons. The van der Waals surface area contributed by atoms with Crippen LogP contribution in [-0.4, -0.2) is 53.3 Å². The zero-order valence-electron chi connectivity index (χ0n) is 22.2. The van der Waals surface area contributed by atoms with E-state index in [-0.39, 0.29) is 21.3 Å². The quantitative estimate of drug-likeness (QED) is 0.332. The van der Waals surface area contributed by atoms with Gasteiger partial charge in [0.2, 0.25) is 11.8 Å². The molecule has 3 atom stereocenters. The number of fused-ring (bicyclic) bond motifs is 1. The smallest absolute Gasteiger partial charge is 0.306 e. The van der Waals surface area contributed by atoms with Crippen LogP contribution in [-0.2, 0) is 19.9 Å². The summed E-state index contributed by atoms with van der Waals surface area (Å²) in [6.07, 6.45) is -1.57. The minimum Gasteiger partial charge on any atom is -0.481 e. The van der Waals surface area contributed by atoms with Crippen LogP contribution >= 0.6 is 23.2 Å². The average Bonchev–Trinajstić information content (AvgIpc) is 3.41. The van der Waals surface area contributed by atoms with Gasteiger partial charge in [0, 0.05) is 35.7 Å². The molecule has 0 unspecified atom stereocenters. The zero-order chi connectivity index (χ0) is 29.7. The fourth-order valence-corrected chi connectivity index (χ4v) is 6.62. The Morgan fingerprint density at radius 2 is 1.78 bits per heavy atom. The molecular weight excluding hydrogens is 575 g/mol. The number of rotatable bonds is 7. The van der Waals surface area contributed by atoms with E-state index in [2.05, 4.69) is 5.32 Å². The van der Waals surface area contributed by atoms with Gasteiger partial charge in [-0.15, -0.1) is 0 Å². The number of nitrogens with one attached hydrogen (secondary N) is 1. The lowest BCUT2D eigenvalue weighted by molar-refractivity contribution is -0.147. The molecule has 0 aromatic heterocycles. The van der Waals surface area contributed by atoms with Gasteiger partial charge in [-0.1, -0.05) is 78.7 Å². The van der Waals surface area contributed by atoms with Crippen molar-refractivity contribution in [2.75, 3.05) is 23.8 Å². The summed E-state index contributed by atoms with van der Waals surface area (Å²) in [6.45, 7) is 0.597. The number of amides is 2. The monoisotopic (exact) mass is 601 g/mol. The number of anilines is 2. The molecule has 11 heteroatoms. The number of aliphatic carboxylic acids is 1. The van der Waals surface area contributed by atoms with Gasteiger partial charge in [-0.05, 0) is 23.8 Å². The minimum absolute atomic E-state index is 0.0528. The van der Waals surface area contributed by atoms with Crippen molar-refractivity contribution in [2.24, 2.45) is 5.92 Å². The SMILES string of the molecule is C[C@@H](C(=O)N(C)c1ccccc1-c1ccccc1)[C@H]1CC(F)(F)CN1[C@@]1(CC(=O)O)C(=O)Nc2c(Cl)cc(Cl)cc21. The molecule has 41 heavy (non-hydrogen) atoms. The van der Waals surface area contributed by atoms with Gasteiger partial charge < -0.3 is 15.3 Å². The summed E-state index contributed by atoms with van der Waals surface area (Å²) in [6, 6.07) is 18.3. The Bertz CT molecular complexity index is 1540. The minimum atomic E-state index is -3.30. The highest BCUT2D eigenvalue weighted by Crippen LogP contribution is 2.52. The lowest BCUT2D eigenvalue weighted by Gasteiger charge is -2.41. The van der Waals surface area contributed by atoms with Crippen LogP contribution < -0.4 is 10.2 Å². The van der Waals surface area contributed by atoms with Crippen LogP contribution in [0.4, 0.5) is 20.2 Å². The van der Waals surface area contributed by atoms with E-state index in [0.29, 0.717) is 5.69 Å². The normalized spacial score (nSPS) is 22.2. The molecule has 2 heterocycles. The molecule has 3 aromatic carbocycles. The number of carboxylic acids is 1. The fourth-order valence-electron chi connectivity index (χ4n) is 6.08.